The Labute approximate surface area is 121 Å². The molecule has 0 saturated heterocycles. The van der Waals surface area contributed by atoms with Crippen molar-refractivity contribution in [2.45, 2.75) is 13.1 Å². The van der Waals surface area contributed by atoms with Gasteiger partial charge < -0.3 is 0 Å². The van der Waals surface area contributed by atoms with Crippen molar-refractivity contribution < 1.29 is 17.6 Å². The lowest BCUT2D eigenvalue weighted by atomic mass is 9.62. The molecule has 0 aliphatic rings. The molecule has 0 aromatic heterocycles. The van der Waals surface area contributed by atoms with E-state index in [0.29, 0.717) is 11.0 Å². The van der Waals surface area contributed by atoms with E-state index in [1.165, 1.54) is 0 Å². The minimum Gasteiger partial charge on any atom is -0.206 e. The minimum absolute atomic E-state index is 0.343. The smallest absolute Gasteiger partial charge is 0.206 e. The molecule has 2 rings (SSSR count). The van der Waals surface area contributed by atoms with Gasteiger partial charge in [0.2, 0.25) is 0 Å². The predicted octanol–water partition coefficient (Wildman–Crippen LogP) is 3.45. The molecular weight excluding hydrogens is 279 g/mol. The SMILES string of the molecule is C=Cc1ccc([B]c2cc(C(F)(F)F)c(F)cc2C)cc1. The zero-order valence-corrected chi connectivity index (χ0v) is 11.3. The number of hydrogen-bond donors (Lipinski definition) is 0. The molecule has 0 fully saturated rings. The molecule has 5 heteroatoms. The van der Waals surface area contributed by atoms with Gasteiger partial charge >= 0.3 is 6.18 Å². The van der Waals surface area contributed by atoms with Gasteiger partial charge in [-0.1, -0.05) is 59.5 Å². The molecule has 0 atom stereocenters. The summed E-state index contributed by atoms with van der Waals surface area (Å²) >= 11 is 0. The van der Waals surface area contributed by atoms with Gasteiger partial charge in [0.1, 0.15) is 5.82 Å². The van der Waals surface area contributed by atoms with Crippen LogP contribution in [0.3, 0.4) is 0 Å². The third-order valence-corrected chi connectivity index (χ3v) is 3.16. The van der Waals surface area contributed by atoms with E-state index < -0.39 is 17.6 Å². The topological polar surface area (TPSA) is 0 Å². The van der Waals surface area contributed by atoms with Crippen LogP contribution in [0.4, 0.5) is 17.6 Å². The Kier molecular flexibility index (Phi) is 4.21. The van der Waals surface area contributed by atoms with Crippen LogP contribution in [0.5, 0.6) is 0 Å². The molecule has 0 unspecified atom stereocenters. The van der Waals surface area contributed by atoms with Gasteiger partial charge in [0, 0.05) is 0 Å². The quantitative estimate of drug-likeness (QED) is 0.600. The Morgan fingerprint density at radius 2 is 1.71 bits per heavy atom. The van der Waals surface area contributed by atoms with Crippen molar-refractivity contribution in [3.63, 3.8) is 0 Å². The fraction of sp³-hybridized carbons (Fsp3) is 0.125. The molecule has 0 saturated carbocycles. The molecule has 0 nitrogen and oxygen atoms in total. The normalized spacial score (nSPS) is 11.3. The molecule has 21 heavy (non-hydrogen) atoms. The van der Waals surface area contributed by atoms with Crippen molar-refractivity contribution in [3.8, 4) is 0 Å². The van der Waals surface area contributed by atoms with Crippen molar-refractivity contribution in [1.82, 2.24) is 0 Å². The predicted molar refractivity (Wildman–Crippen MR) is 77.7 cm³/mol. The highest BCUT2D eigenvalue weighted by Gasteiger charge is 2.34. The first-order valence-electron chi connectivity index (χ1n) is 6.26. The summed E-state index contributed by atoms with van der Waals surface area (Å²) in [7, 11) is 1.59. The Bertz CT molecular complexity index is 657. The van der Waals surface area contributed by atoms with Crippen molar-refractivity contribution in [2.75, 3.05) is 0 Å². The zero-order chi connectivity index (χ0) is 15.6. The highest BCUT2D eigenvalue weighted by atomic mass is 19.4. The maximum atomic E-state index is 13.4. The van der Waals surface area contributed by atoms with Gasteiger partial charge in [-0.15, -0.1) is 0 Å². The summed E-state index contributed by atoms with van der Waals surface area (Å²) in [5.41, 5.74) is 1.20. The Morgan fingerprint density at radius 3 is 2.24 bits per heavy atom. The molecule has 0 aliphatic heterocycles. The third-order valence-electron chi connectivity index (χ3n) is 3.16. The van der Waals surface area contributed by atoms with Crippen LogP contribution in [0, 0.1) is 12.7 Å². The monoisotopic (exact) mass is 291 g/mol. The first-order valence-corrected chi connectivity index (χ1v) is 6.26. The fourth-order valence-electron chi connectivity index (χ4n) is 1.97. The number of aryl methyl sites for hydroxylation is 1. The standard InChI is InChI=1S/C16H12BF4/c1-3-11-4-6-12(7-5-11)17-14-9-13(16(19,20)21)15(18)8-10(14)2/h3-9H,1H2,2H3. The van der Waals surface area contributed by atoms with E-state index in [9.17, 15) is 17.6 Å². The van der Waals surface area contributed by atoms with Crippen LogP contribution >= 0.6 is 0 Å². The molecule has 1 radical (unpaired) electrons. The van der Waals surface area contributed by atoms with E-state index in [2.05, 4.69) is 6.58 Å². The molecule has 0 aliphatic carbocycles. The molecule has 107 valence electrons. The second-order valence-corrected chi connectivity index (χ2v) is 4.70. The maximum absolute atomic E-state index is 13.4. The molecule has 0 bridgehead atoms. The van der Waals surface area contributed by atoms with Gasteiger partial charge in [0.25, 0.3) is 0 Å². The molecule has 2 aromatic carbocycles. The lowest BCUT2D eigenvalue weighted by Crippen LogP contribution is -2.30. The molecule has 0 N–H and O–H groups in total. The molecular formula is C16H12BF4. The van der Waals surface area contributed by atoms with Crippen LogP contribution < -0.4 is 10.9 Å². The zero-order valence-electron chi connectivity index (χ0n) is 11.3. The number of benzene rings is 2. The second kappa shape index (κ2) is 5.76. The highest BCUT2D eigenvalue weighted by Crippen LogP contribution is 2.30. The number of hydrogen-bond acceptors (Lipinski definition) is 0. The van der Waals surface area contributed by atoms with Gasteiger partial charge in [-0.2, -0.15) is 13.2 Å². The van der Waals surface area contributed by atoms with Crippen molar-refractivity contribution >= 4 is 24.3 Å². The summed E-state index contributed by atoms with van der Waals surface area (Å²) in [6.45, 7) is 5.21. The summed E-state index contributed by atoms with van der Waals surface area (Å²) < 4.78 is 51.6. The van der Waals surface area contributed by atoms with E-state index >= 15 is 0 Å². The van der Waals surface area contributed by atoms with Crippen molar-refractivity contribution in [1.29, 1.82) is 0 Å². The first-order chi connectivity index (χ1) is 9.81. The average Bonchev–Trinajstić information content (AvgIpc) is 2.41. The van der Waals surface area contributed by atoms with Gasteiger partial charge in [0.15, 0.2) is 7.28 Å². The lowest BCUT2D eigenvalue weighted by Gasteiger charge is -2.12. The van der Waals surface area contributed by atoms with Crippen LogP contribution in [0.15, 0.2) is 43.0 Å². The summed E-state index contributed by atoms with van der Waals surface area (Å²) in [5, 5.41) is 0. The number of rotatable bonds is 3. The largest absolute Gasteiger partial charge is 0.419 e. The lowest BCUT2D eigenvalue weighted by molar-refractivity contribution is -0.139. The van der Waals surface area contributed by atoms with E-state index in [0.717, 1.165) is 23.2 Å². The molecule has 0 heterocycles. The molecule has 0 amide bonds. The van der Waals surface area contributed by atoms with Crippen LogP contribution in [0.1, 0.15) is 16.7 Å². The van der Waals surface area contributed by atoms with Crippen LogP contribution in [0.2, 0.25) is 0 Å². The van der Waals surface area contributed by atoms with E-state index in [1.807, 2.05) is 12.1 Å². The summed E-state index contributed by atoms with van der Waals surface area (Å²) in [6.07, 6.45) is -3.03. The maximum Gasteiger partial charge on any atom is 0.419 e. The third kappa shape index (κ3) is 3.54. The Balaban J connectivity index is 2.37. The van der Waals surface area contributed by atoms with Gasteiger partial charge in [-0.3, -0.25) is 0 Å². The van der Waals surface area contributed by atoms with E-state index in [1.54, 1.807) is 32.4 Å². The number of halogens is 4. The molecule has 2 aromatic rings. The van der Waals surface area contributed by atoms with E-state index in [-0.39, 0.29) is 0 Å². The van der Waals surface area contributed by atoms with Gasteiger partial charge in [0.05, 0.1) is 5.56 Å². The second-order valence-electron chi connectivity index (χ2n) is 4.70. The molecule has 0 spiro atoms. The van der Waals surface area contributed by atoms with Crippen LogP contribution in [-0.4, -0.2) is 7.28 Å². The fourth-order valence-corrected chi connectivity index (χ4v) is 1.97. The van der Waals surface area contributed by atoms with E-state index in [4.69, 9.17) is 0 Å². The summed E-state index contributed by atoms with van der Waals surface area (Å²) in [6, 6.07) is 8.91. The number of alkyl halides is 3. The van der Waals surface area contributed by atoms with Crippen LogP contribution in [-0.2, 0) is 6.18 Å². The van der Waals surface area contributed by atoms with Crippen molar-refractivity contribution in [3.05, 3.63) is 65.5 Å². The van der Waals surface area contributed by atoms with Crippen molar-refractivity contribution in [2.24, 2.45) is 0 Å². The average molecular weight is 291 g/mol. The Hall–Kier alpha value is -2.04. The highest BCUT2D eigenvalue weighted by molar-refractivity contribution is 6.67. The van der Waals surface area contributed by atoms with Gasteiger partial charge in [-0.05, 0) is 18.6 Å². The minimum atomic E-state index is -4.70. The summed E-state index contributed by atoms with van der Waals surface area (Å²) in [4.78, 5) is 0. The summed E-state index contributed by atoms with van der Waals surface area (Å²) in [5.74, 6) is -1.25. The van der Waals surface area contributed by atoms with Crippen LogP contribution in [0.25, 0.3) is 6.08 Å². The Morgan fingerprint density at radius 1 is 1.10 bits per heavy atom. The first kappa shape index (κ1) is 15.4. The van der Waals surface area contributed by atoms with Gasteiger partial charge in [-0.25, -0.2) is 4.39 Å².